The highest BCUT2D eigenvalue weighted by atomic mass is 35.5. The Morgan fingerprint density at radius 1 is 1.10 bits per heavy atom. The molecule has 3 rings (SSSR count). The standard InChI is InChI=1S/C20H19Cl2N3O3S/c21-12-7-8-14(16(22)10-12)19(27)25-20(29)24-17-6-2-1-5-15(17)18(26)23-11-13-4-3-9-28-13/h1-2,5-8,10,13H,3-4,9,11H2,(H,23,26)(H2,24,25,27,29). The average Bonchev–Trinajstić information content (AvgIpc) is 3.20. The smallest absolute Gasteiger partial charge is 0.258 e. The summed E-state index contributed by atoms with van der Waals surface area (Å²) in [5.41, 5.74) is 1.12. The van der Waals surface area contributed by atoms with Crippen molar-refractivity contribution in [3.05, 3.63) is 63.6 Å². The lowest BCUT2D eigenvalue weighted by Gasteiger charge is -2.15. The van der Waals surface area contributed by atoms with Crippen LogP contribution >= 0.6 is 35.4 Å². The monoisotopic (exact) mass is 451 g/mol. The van der Waals surface area contributed by atoms with Crippen molar-refractivity contribution in [3.8, 4) is 0 Å². The summed E-state index contributed by atoms with van der Waals surface area (Å²) < 4.78 is 5.52. The van der Waals surface area contributed by atoms with Crippen LogP contribution in [-0.4, -0.2) is 36.2 Å². The number of hydrogen-bond acceptors (Lipinski definition) is 4. The van der Waals surface area contributed by atoms with Gasteiger partial charge in [0.2, 0.25) is 0 Å². The van der Waals surface area contributed by atoms with Gasteiger partial charge < -0.3 is 15.4 Å². The SMILES string of the molecule is O=C(NC(=S)Nc1ccccc1C(=O)NCC1CCCO1)c1ccc(Cl)cc1Cl. The first kappa shape index (κ1) is 21.5. The maximum atomic E-state index is 12.6. The second kappa shape index (κ2) is 10.0. The van der Waals surface area contributed by atoms with E-state index in [0.29, 0.717) is 22.8 Å². The third-order valence-electron chi connectivity index (χ3n) is 4.34. The van der Waals surface area contributed by atoms with Gasteiger partial charge in [-0.15, -0.1) is 0 Å². The van der Waals surface area contributed by atoms with Gasteiger partial charge in [-0.1, -0.05) is 35.3 Å². The van der Waals surface area contributed by atoms with Crippen molar-refractivity contribution in [2.75, 3.05) is 18.5 Å². The molecule has 1 aliphatic heterocycles. The number of benzene rings is 2. The van der Waals surface area contributed by atoms with E-state index in [2.05, 4.69) is 16.0 Å². The molecule has 152 valence electrons. The van der Waals surface area contributed by atoms with Crippen LogP contribution in [0.2, 0.25) is 10.0 Å². The molecule has 1 fully saturated rings. The maximum absolute atomic E-state index is 12.6. The Hall–Kier alpha value is -2.19. The minimum Gasteiger partial charge on any atom is -0.376 e. The third kappa shape index (κ3) is 5.90. The van der Waals surface area contributed by atoms with Crippen LogP contribution in [0, 0.1) is 0 Å². The molecule has 1 aliphatic rings. The Balaban J connectivity index is 1.62. The fraction of sp³-hybridized carbons (Fsp3) is 0.250. The molecule has 1 atom stereocenters. The Bertz CT molecular complexity index is 933. The number of para-hydroxylation sites is 1. The van der Waals surface area contributed by atoms with Crippen LogP contribution in [0.15, 0.2) is 42.5 Å². The zero-order valence-electron chi connectivity index (χ0n) is 15.3. The van der Waals surface area contributed by atoms with Crippen LogP contribution in [0.25, 0.3) is 0 Å². The van der Waals surface area contributed by atoms with E-state index in [4.69, 9.17) is 40.2 Å². The molecule has 1 saturated heterocycles. The summed E-state index contributed by atoms with van der Waals surface area (Å²) in [5, 5.41) is 8.99. The number of nitrogens with one attached hydrogen (secondary N) is 3. The topological polar surface area (TPSA) is 79.5 Å². The van der Waals surface area contributed by atoms with E-state index in [1.54, 1.807) is 30.3 Å². The largest absolute Gasteiger partial charge is 0.376 e. The van der Waals surface area contributed by atoms with Gasteiger partial charge in [-0.2, -0.15) is 0 Å². The van der Waals surface area contributed by atoms with E-state index in [1.807, 2.05) is 0 Å². The lowest BCUT2D eigenvalue weighted by Crippen LogP contribution is -2.36. The highest BCUT2D eigenvalue weighted by molar-refractivity contribution is 7.80. The van der Waals surface area contributed by atoms with Gasteiger partial charge >= 0.3 is 0 Å². The van der Waals surface area contributed by atoms with E-state index in [9.17, 15) is 9.59 Å². The molecule has 0 saturated carbocycles. The van der Waals surface area contributed by atoms with Crippen LogP contribution in [0.1, 0.15) is 33.6 Å². The van der Waals surface area contributed by atoms with E-state index < -0.39 is 5.91 Å². The van der Waals surface area contributed by atoms with Crippen molar-refractivity contribution in [1.29, 1.82) is 0 Å². The molecule has 0 radical (unpaired) electrons. The zero-order chi connectivity index (χ0) is 20.8. The van der Waals surface area contributed by atoms with Gasteiger partial charge in [-0.25, -0.2) is 0 Å². The van der Waals surface area contributed by atoms with Crippen LogP contribution in [0.4, 0.5) is 5.69 Å². The summed E-state index contributed by atoms with van der Waals surface area (Å²) >= 11 is 17.1. The first-order valence-electron chi connectivity index (χ1n) is 9.00. The molecule has 9 heteroatoms. The molecule has 2 amide bonds. The Morgan fingerprint density at radius 2 is 1.90 bits per heavy atom. The summed E-state index contributed by atoms with van der Waals surface area (Å²) in [7, 11) is 0. The number of carbonyl (C=O) groups is 2. The van der Waals surface area contributed by atoms with E-state index in [1.165, 1.54) is 12.1 Å². The lowest BCUT2D eigenvalue weighted by atomic mass is 10.1. The molecule has 0 spiro atoms. The minimum absolute atomic E-state index is 0.0420. The first-order valence-corrected chi connectivity index (χ1v) is 10.2. The highest BCUT2D eigenvalue weighted by Crippen LogP contribution is 2.21. The van der Waals surface area contributed by atoms with Crippen molar-refractivity contribution >= 4 is 58.0 Å². The van der Waals surface area contributed by atoms with Crippen molar-refractivity contribution in [2.24, 2.45) is 0 Å². The molecule has 1 heterocycles. The second-order valence-corrected chi connectivity index (χ2v) is 7.67. The summed E-state index contributed by atoms with van der Waals surface area (Å²) in [6, 6.07) is 11.4. The number of hydrogen-bond donors (Lipinski definition) is 3. The van der Waals surface area contributed by atoms with Crippen LogP contribution in [0.5, 0.6) is 0 Å². The predicted octanol–water partition coefficient (Wildman–Crippen LogP) is 4.03. The molecule has 0 aliphatic carbocycles. The predicted molar refractivity (Wildman–Crippen MR) is 118 cm³/mol. The van der Waals surface area contributed by atoms with E-state index in [0.717, 1.165) is 19.4 Å². The second-order valence-electron chi connectivity index (χ2n) is 6.42. The van der Waals surface area contributed by atoms with Crippen LogP contribution in [-0.2, 0) is 4.74 Å². The van der Waals surface area contributed by atoms with Gasteiger partial charge in [0, 0.05) is 18.2 Å². The van der Waals surface area contributed by atoms with Gasteiger partial charge in [0.05, 0.1) is 27.9 Å². The number of ether oxygens (including phenoxy) is 1. The molecule has 0 bridgehead atoms. The number of halogens is 2. The highest BCUT2D eigenvalue weighted by Gasteiger charge is 2.19. The Labute approximate surface area is 183 Å². The molecule has 29 heavy (non-hydrogen) atoms. The summed E-state index contributed by atoms with van der Waals surface area (Å²) in [6.45, 7) is 1.17. The molecule has 2 aromatic rings. The summed E-state index contributed by atoms with van der Waals surface area (Å²) in [5.74, 6) is -0.733. The molecular weight excluding hydrogens is 433 g/mol. The molecule has 1 unspecified atom stereocenters. The number of rotatable bonds is 5. The van der Waals surface area contributed by atoms with Crippen LogP contribution in [0.3, 0.4) is 0 Å². The van der Waals surface area contributed by atoms with Crippen molar-refractivity contribution < 1.29 is 14.3 Å². The van der Waals surface area contributed by atoms with Crippen molar-refractivity contribution in [1.82, 2.24) is 10.6 Å². The van der Waals surface area contributed by atoms with Crippen molar-refractivity contribution in [2.45, 2.75) is 18.9 Å². The molecular formula is C20H19Cl2N3O3S. The van der Waals surface area contributed by atoms with Gasteiger partial charge in [0.1, 0.15) is 0 Å². The maximum Gasteiger partial charge on any atom is 0.258 e. The van der Waals surface area contributed by atoms with Crippen molar-refractivity contribution in [3.63, 3.8) is 0 Å². The number of carbonyl (C=O) groups excluding carboxylic acids is 2. The van der Waals surface area contributed by atoms with Crippen LogP contribution < -0.4 is 16.0 Å². The summed E-state index contributed by atoms with van der Waals surface area (Å²) in [4.78, 5) is 24.9. The Kier molecular flexibility index (Phi) is 7.44. The third-order valence-corrected chi connectivity index (χ3v) is 5.09. The average molecular weight is 452 g/mol. The molecule has 3 N–H and O–H groups in total. The quantitative estimate of drug-likeness (QED) is 0.598. The number of anilines is 1. The molecule has 2 aromatic carbocycles. The summed E-state index contributed by atoms with van der Waals surface area (Å²) in [6.07, 6.45) is 1.98. The minimum atomic E-state index is -0.482. The number of amides is 2. The van der Waals surface area contributed by atoms with E-state index >= 15 is 0 Å². The van der Waals surface area contributed by atoms with E-state index in [-0.39, 0.29) is 27.7 Å². The van der Waals surface area contributed by atoms with Gasteiger partial charge in [0.15, 0.2) is 5.11 Å². The lowest BCUT2D eigenvalue weighted by molar-refractivity contribution is 0.0858. The number of thiocarbonyl (C=S) groups is 1. The normalized spacial score (nSPS) is 15.6. The fourth-order valence-corrected chi connectivity index (χ4v) is 3.59. The van der Waals surface area contributed by atoms with Gasteiger partial charge in [-0.05, 0) is 55.4 Å². The Morgan fingerprint density at radius 3 is 2.62 bits per heavy atom. The zero-order valence-corrected chi connectivity index (χ0v) is 17.7. The van der Waals surface area contributed by atoms with Gasteiger partial charge in [-0.3, -0.25) is 14.9 Å². The van der Waals surface area contributed by atoms with Gasteiger partial charge in [0.25, 0.3) is 11.8 Å². The first-order chi connectivity index (χ1) is 13.9. The fourth-order valence-electron chi connectivity index (χ4n) is 2.89. The molecule has 6 nitrogen and oxygen atoms in total. The molecule has 0 aromatic heterocycles.